The summed E-state index contributed by atoms with van der Waals surface area (Å²) in [4.78, 5) is 11.4. The first kappa shape index (κ1) is 12.4. The molecule has 21 heavy (non-hydrogen) atoms. The van der Waals surface area contributed by atoms with Crippen molar-refractivity contribution < 1.29 is 9.90 Å². The third-order valence-electron chi connectivity index (χ3n) is 4.46. The lowest BCUT2D eigenvalue weighted by Crippen LogP contribution is -2.48. The Balaban J connectivity index is 1.93. The molecule has 1 aliphatic rings. The normalized spacial score (nSPS) is 16.2. The van der Waals surface area contributed by atoms with Crippen molar-refractivity contribution in [1.82, 2.24) is 0 Å². The molecular formula is C18H15NO2. The van der Waals surface area contributed by atoms with Gasteiger partial charge in [0.15, 0.2) is 0 Å². The monoisotopic (exact) mass is 277 g/mol. The third kappa shape index (κ3) is 1.82. The smallest absolute Gasteiger partial charge is 0.324 e. The highest BCUT2D eigenvalue weighted by Crippen LogP contribution is 2.33. The number of hydrogen-bond acceptors (Lipinski definition) is 2. The van der Waals surface area contributed by atoms with Gasteiger partial charge in [-0.1, -0.05) is 36.4 Å². The number of aliphatic carboxylic acids is 1. The molecule has 3 aromatic rings. The molecule has 0 radical (unpaired) electrons. The van der Waals surface area contributed by atoms with Crippen molar-refractivity contribution in [2.75, 3.05) is 0 Å². The molecule has 0 spiro atoms. The summed E-state index contributed by atoms with van der Waals surface area (Å²) in [6, 6.07) is 16.7. The summed E-state index contributed by atoms with van der Waals surface area (Å²) in [5.41, 5.74) is 6.98. The van der Waals surface area contributed by atoms with Crippen LogP contribution in [0.2, 0.25) is 0 Å². The van der Waals surface area contributed by atoms with Crippen LogP contribution in [-0.2, 0) is 17.6 Å². The summed E-state index contributed by atoms with van der Waals surface area (Å²) in [6.45, 7) is 0. The summed E-state index contributed by atoms with van der Waals surface area (Å²) in [5.74, 6) is -0.923. The fourth-order valence-electron chi connectivity index (χ4n) is 3.31. The van der Waals surface area contributed by atoms with E-state index in [1.165, 1.54) is 10.8 Å². The second kappa shape index (κ2) is 4.06. The predicted molar refractivity (Wildman–Crippen MR) is 83.4 cm³/mol. The minimum atomic E-state index is -1.15. The quantitative estimate of drug-likeness (QED) is 0.672. The molecule has 0 saturated heterocycles. The first-order valence-electron chi connectivity index (χ1n) is 7.02. The minimum Gasteiger partial charge on any atom is -0.480 e. The van der Waals surface area contributed by atoms with Crippen molar-refractivity contribution in [3.05, 3.63) is 59.7 Å². The van der Waals surface area contributed by atoms with E-state index in [0.29, 0.717) is 12.8 Å². The van der Waals surface area contributed by atoms with Gasteiger partial charge in [0.05, 0.1) is 0 Å². The van der Waals surface area contributed by atoms with Gasteiger partial charge >= 0.3 is 5.97 Å². The summed E-state index contributed by atoms with van der Waals surface area (Å²) < 4.78 is 0. The lowest BCUT2D eigenvalue weighted by Gasteiger charge is -2.16. The Hall–Kier alpha value is -2.39. The first-order valence-corrected chi connectivity index (χ1v) is 7.02. The minimum absolute atomic E-state index is 0.403. The van der Waals surface area contributed by atoms with Crippen LogP contribution in [0.3, 0.4) is 0 Å². The van der Waals surface area contributed by atoms with Crippen molar-refractivity contribution in [1.29, 1.82) is 0 Å². The molecule has 0 bridgehead atoms. The SMILES string of the molecule is NC1(C(=O)O)Cc2cc3cc4ccccc4cc3cc2C1. The number of nitrogens with two attached hydrogens (primary N) is 1. The van der Waals surface area contributed by atoms with E-state index in [9.17, 15) is 9.90 Å². The predicted octanol–water partition coefficient (Wildman–Crippen LogP) is 2.87. The van der Waals surface area contributed by atoms with Gasteiger partial charge in [0.1, 0.15) is 5.54 Å². The van der Waals surface area contributed by atoms with Crippen LogP contribution in [0.4, 0.5) is 0 Å². The Labute approximate surface area is 122 Å². The number of carboxylic acids is 1. The average Bonchev–Trinajstić information content (AvgIpc) is 2.79. The highest BCUT2D eigenvalue weighted by Gasteiger charge is 2.40. The second-order valence-corrected chi connectivity index (χ2v) is 5.98. The van der Waals surface area contributed by atoms with Crippen LogP contribution in [0.25, 0.3) is 21.5 Å². The molecule has 1 aliphatic carbocycles. The highest BCUT2D eigenvalue weighted by atomic mass is 16.4. The van der Waals surface area contributed by atoms with Crippen LogP contribution in [0, 0.1) is 0 Å². The fraction of sp³-hybridized carbons (Fsp3) is 0.167. The van der Waals surface area contributed by atoms with Gasteiger partial charge in [-0.05, 0) is 44.8 Å². The maximum Gasteiger partial charge on any atom is 0.324 e. The first-order chi connectivity index (χ1) is 10.0. The molecule has 0 saturated carbocycles. The molecule has 0 aromatic heterocycles. The van der Waals surface area contributed by atoms with Crippen molar-refractivity contribution in [2.45, 2.75) is 18.4 Å². The molecule has 3 nitrogen and oxygen atoms in total. The molecule has 0 aliphatic heterocycles. The van der Waals surface area contributed by atoms with Gasteiger partial charge in [0.2, 0.25) is 0 Å². The van der Waals surface area contributed by atoms with E-state index in [1.807, 2.05) is 12.1 Å². The molecule has 3 heteroatoms. The van der Waals surface area contributed by atoms with Crippen molar-refractivity contribution in [2.24, 2.45) is 5.73 Å². The Morgan fingerprint density at radius 3 is 1.81 bits per heavy atom. The number of benzene rings is 3. The van der Waals surface area contributed by atoms with Gasteiger partial charge in [0, 0.05) is 12.8 Å². The summed E-state index contributed by atoms with van der Waals surface area (Å²) >= 11 is 0. The van der Waals surface area contributed by atoms with E-state index in [1.54, 1.807) is 0 Å². The summed E-state index contributed by atoms with van der Waals surface area (Å²) in [7, 11) is 0. The van der Waals surface area contributed by atoms with Gasteiger partial charge in [-0.2, -0.15) is 0 Å². The Bertz CT molecular complexity index is 834. The standard InChI is InChI=1S/C18H15NO2/c19-18(17(20)21)9-15-7-13-5-11-3-1-2-4-12(11)6-14(13)8-16(15)10-18/h1-8H,9-10,19H2,(H,20,21). The zero-order valence-electron chi connectivity index (χ0n) is 11.5. The molecule has 0 amide bonds. The van der Waals surface area contributed by atoms with Crippen molar-refractivity contribution in [3.8, 4) is 0 Å². The number of carbonyl (C=O) groups is 1. The second-order valence-electron chi connectivity index (χ2n) is 5.98. The van der Waals surface area contributed by atoms with Gasteiger partial charge in [-0.25, -0.2) is 0 Å². The lowest BCUT2D eigenvalue weighted by molar-refractivity contribution is -0.142. The number of hydrogen-bond donors (Lipinski definition) is 2. The number of rotatable bonds is 1. The summed E-state index contributed by atoms with van der Waals surface area (Å²) in [5, 5.41) is 14.0. The van der Waals surface area contributed by atoms with Crippen LogP contribution in [0.1, 0.15) is 11.1 Å². The molecular weight excluding hydrogens is 262 g/mol. The fourth-order valence-corrected chi connectivity index (χ4v) is 3.31. The van der Waals surface area contributed by atoms with E-state index in [-0.39, 0.29) is 0 Å². The van der Waals surface area contributed by atoms with Crippen LogP contribution in [-0.4, -0.2) is 16.6 Å². The van der Waals surface area contributed by atoms with Crippen molar-refractivity contribution >= 4 is 27.5 Å². The highest BCUT2D eigenvalue weighted by molar-refractivity contribution is 5.99. The lowest BCUT2D eigenvalue weighted by atomic mass is 9.98. The molecule has 0 atom stereocenters. The van der Waals surface area contributed by atoms with E-state index in [0.717, 1.165) is 21.9 Å². The molecule has 0 fully saturated rings. The Kier molecular flexibility index (Phi) is 2.39. The van der Waals surface area contributed by atoms with Gasteiger partial charge < -0.3 is 10.8 Å². The van der Waals surface area contributed by atoms with Gasteiger partial charge in [0.25, 0.3) is 0 Å². The topological polar surface area (TPSA) is 63.3 Å². The van der Waals surface area contributed by atoms with Crippen LogP contribution in [0.15, 0.2) is 48.5 Å². The third-order valence-corrected chi connectivity index (χ3v) is 4.46. The molecule has 4 rings (SSSR count). The number of fused-ring (bicyclic) bond motifs is 3. The maximum atomic E-state index is 11.4. The van der Waals surface area contributed by atoms with E-state index >= 15 is 0 Å². The zero-order valence-corrected chi connectivity index (χ0v) is 11.5. The molecule has 3 aromatic carbocycles. The summed E-state index contributed by atoms with van der Waals surface area (Å²) in [6.07, 6.45) is 0.806. The molecule has 3 N–H and O–H groups in total. The Morgan fingerprint density at radius 1 is 0.905 bits per heavy atom. The van der Waals surface area contributed by atoms with Crippen LogP contribution < -0.4 is 5.73 Å². The molecule has 0 unspecified atom stereocenters. The maximum absolute atomic E-state index is 11.4. The zero-order chi connectivity index (χ0) is 14.6. The van der Waals surface area contributed by atoms with E-state index < -0.39 is 11.5 Å². The van der Waals surface area contributed by atoms with Crippen LogP contribution in [0.5, 0.6) is 0 Å². The molecule has 104 valence electrons. The van der Waals surface area contributed by atoms with E-state index in [2.05, 4.69) is 36.4 Å². The van der Waals surface area contributed by atoms with Crippen molar-refractivity contribution in [3.63, 3.8) is 0 Å². The van der Waals surface area contributed by atoms with Gasteiger partial charge in [-0.15, -0.1) is 0 Å². The number of carboxylic acid groups (broad SMARTS) is 1. The van der Waals surface area contributed by atoms with E-state index in [4.69, 9.17) is 5.73 Å². The Morgan fingerprint density at radius 2 is 1.38 bits per heavy atom. The largest absolute Gasteiger partial charge is 0.480 e. The molecule has 0 heterocycles. The van der Waals surface area contributed by atoms with Crippen LogP contribution >= 0.6 is 0 Å². The average molecular weight is 277 g/mol. The van der Waals surface area contributed by atoms with Gasteiger partial charge in [-0.3, -0.25) is 4.79 Å².